The average molecular weight is 501 g/mol. The molecule has 0 spiro atoms. The SMILES string of the molecule is CCCCCCCC/C=C\CCCCCCCC(=O)Oc1cccc(O)c1CCCCCCCCC. The van der Waals surface area contributed by atoms with Crippen LogP contribution < -0.4 is 4.74 Å². The molecule has 1 aromatic rings. The van der Waals surface area contributed by atoms with Crippen LogP contribution in [0.15, 0.2) is 30.4 Å². The van der Waals surface area contributed by atoms with Crippen molar-refractivity contribution in [2.45, 2.75) is 155 Å². The van der Waals surface area contributed by atoms with Crippen molar-refractivity contribution in [1.82, 2.24) is 0 Å². The minimum atomic E-state index is -0.181. The van der Waals surface area contributed by atoms with Crippen LogP contribution in [0.3, 0.4) is 0 Å². The highest BCUT2D eigenvalue weighted by molar-refractivity contribution is 5.73. The van der Waals surface area contributed by atoms with Crippen molar-refractivity contribution >= 4 is 5.97 Å². The number of carbonyl (C=O) groups excluding carboxylic acids is 1. The molecule has 0 bridgehead atoms. The first-order valence-corrected chi connectivity index (χ1v) is 15.4. The van der Waals surface area contributed by atoms with Crippen LogP contribution in [-0.4, -0.2) is 11.1 Å². The smallest absolute Gasteiger partial charge is 0.311 e. The Balaban J connectivity index is 2.10. The lowest BCUT2D eigenvalue weighted by molar-refractivity contribution is -0.134. The van der Waals surface area contributed by atoms with Gasteiger partial charge in [-0.2, -0.15) is 0 Å². The Morgan fingerprint density at radius 2 is 1.19 bits per heavy atom. The van der Waals surface area contributed by atoms with Gasteiger partial charge in [0.1, 0.15) is 11.5 Å². The largest absolute Gasteiger partial charge is 0.508 e. The second kappa shape index (κ2) is 23.6. The number of ether oxygens (including phenoxy) is 1. The third-order valence-electron chi connectivity index (χ3n) is 7.01. The first-order valence-electron chi connectivity index (χ1n) is 15.4. The predicted molar refractivity (Wildman–Crippen MR) is 155 cm³/mol. The number of hydrogen-bond acceptors (Lipinski definition) is 3. The Kier molecular flexibility index (Phi) is 21.2. The molecule has 0 aliphatic rings. The maximum Gasteiger partial charge on any atom is 0.311 e. The maximum absolute atomic E-state index is 12.4. The Morgan fingerprint density at radius 1 is 0.694 bits per heavy atom. The summed E-state index contributed by atoms with van der Waals surface area (Å²) in [4.78, 5) is 12.4. The Hall–Kier alpha value is -1.77. The lowest BCUT2D eigenvalue weighted by Crippen LogP contribution is -2.09. The molecule has 0 unspecified atom stereocenters. The van der Waals surface area contributed by atoms with Gasteiger partial charge < -0.3 is 9.84 Å². The molecule has 1 aromatic carbocycles. The number of rotatable bonds is 24. The van der Waals surface area contributed by atoms with Crippen LogP contribution >= 0.6 is 0 Å². The predicted octanol–water partition coefficient (Wildman–Crippen LogP) is 10.6. The van der Waals surface area contributed by atoms with Crippen LogP contribution in [0.4, 0.5) is 0 Å². The monoisotopic (exact) mass is 500 g/mol. The van der Waals surface area contributed by atoms with E-state index in [-0.39, 0.29) is 11.7 Å². The van der Waals surface area contributed by atoms with Gasteiger partial charge in [0, 0.05) is 12.0 Å². The van der Waals surface area contributed by atoms with Crippen molar-refractivity contribution in [1.29, 1.82) is 0 Å². The molecule has 0 radical (unpaired) electrons. The van der Waals surface area contributed by atoms with Crippen molar-refractivity contribution < 1.29 is 14.6 Å². The number of allylic oxidation sites excluding steroid dienone is 2. The van der Waals surface area contributed by atoms with Crippen molar-refractivity contribution in [3.8, 4) is 11.5 Å². The molecule has 36 heavy (non-hydrogen) atoms. The number of carbonyl (C=O) groups is 1. The van der Waals surface area contributed by atoms with Gasteiger partial charge in [0.05, 0.1) is 0 Å². The maximum atomic E-state index is 12.4. The first-order chi connectivity index (χ1) is 17.7. The van der Waals surface area contributed by atoms with Crippen LogP contribution in [0, 0.1) is 0 Å². The van der Waals surface area contributed by atoms with E-state index in [1.807, 2.05) is 6.07 Å². The molecule has 3 nitrogen and oxygen atoms in total. The fourth-order valence-electron chi connectivity index (χ4n) is 4.67. The molecule has 0 aliphatic heterocycles. The zero-order valence-electron chi connectivity index (χ0n) is 23.7. The van der Waals surface area contributed by atoms with E-state index in [0.29, 0.717) is 12.2 Å². The summed E-state index contributed by atoms with van der Waals surface area (Å²) in [6.45, 7) is 4.50. The zero-order valence-corrected chi connectivity index (χ0v) is 23.7. The van der Waals surface area contributed by atoms with Crippen LogP contribution in [0.1, 0.15) is 154 Å². The molecule has 3 heteroatoms. The van der Waals surface area contributed by atoms with E-state index in [1.165, 1.54) is 103 Å². The minimum absolute atomic E-state index is 0.181. The number of phenolic OH excluding ortho intramolecular Hbond substituents is 1. The summed E-state index contributed by atoms with van der Waals surface area (Å²) in [5.74, 6) is 0.602. The van der Waals surface area contributed by atoms with Gasteiger partial charge in [0.25, 0.3) is 0 Å². The lowest BCUT2D eigenvalue weighted by atomic mass is 10.0. The molecule has 0 saturated carbocycles. The van der Waals surface area contributed by atoms with Gasteiger partial charge in [-0.05, 0) is 57.1 Å². The summed E-state index contributed by atoms with van der Waals surface area (Å²) >= 11 is 0. The second-order valence-corrected chi connectivity index (χ2v) is 10.4. The molecule has 0 heterocycles. The van der Waals surface area contributed by atoms with Gasteiger partial charge in [-0.1, -0.05) is 122 Å². The molecule has 0 fully saturated rings. The molecule has 0 atom stereocenters. The van der Waals surface area contributed by atoms with E-state index >= 15 is 0 Å². The van der Waals surface area contributed by atoms with Crippen LogP contribution in [0.25, 0.3) is 0 Å². The standard InChI is InChI=1S/C33H56O3/c1-3-5-7-9-11-12-13-14-15-16-17-18-20-22-24-29-33(35)36-32-28-25-27-31(34)30(32)26-23-21-19-10-8-6-4-2/h14-15,25,27-28,34H,3-13,16-24,26,29H2,1-2H3/b15-14-. The average Bonchev–Trinajstić information content (AvgIpc) is 2.87. The quantitative estimate of drug-likeness (QED) is 0.0664. The van der Waals surface area contributed by atoms with Crippen molar-refractivity contribution in [2.24, 2.45) is 0 Å². The number of aromatic hydroxyl groups is 1. The second-order valence-electron chi connectivity index (χ2n) is 10.4. The number of hydrogen-bond donors (Lipinski definition) is 1. The summed E-state index contributed by atoms with van der Waals surface area (Å²) in [5, 5.41) is 10.3. The molecular formula is C33H56O3. The van der Waals surface area contributed by atoms with Gasteiger partial charge in [-0.15, -0.1) is 0 Å². The van der Waals surface area contributed by atoms with Crippen molar-refractivity contribution in [3.05, 3.63) is 35.9 Å². The fourth-order valence-corrected chi connectivity index (χ4v) is 4.67. The van der Waals surface area contributed by atoms with Gasteiger partial charge in [0.15, 0.2) is 0 Å². The molecule has 0 aliphatic carbocycles. The van der Waals surface area contributed by atoms with Gasteiger partial charge in [-0.3, -0.25) is 4.79 Å². The number of phenols is 1. The van der Waals surface area contributed by atoms with Crippen molar-refractivity contribution in [3.63, 3.8) is 0 Å². The first kappa shape index (κ1) is 32.3. The third-order valence-corrected chi connectivity index (χ3v) is 7.01. The van der Waals surface area contributed by atoms with Crippen LogP contribution in [0.5, 0.6) is 11.5 Å². The highest BCUT2D eigenvalue weighted by Gasteiger charge is 2.12. The number of benzene rings is 1. The summed E-state index contributed by atoms with van der Waals surface area (Å²) in [6.07, 6.45) is 30.7. The van der Waals surface area contributed by atoms with Crippen LogP contribution in [0.2, 0.25) is 0 Å². The third kappa shape index (κ3) is 17.6. The molecule has 0 aromatic heterocycles. The minimum Gasteiger partial charge on any atom is -0.508 e. The molecule has 0 saturated heterocycles. The normalized spacial score (nSPS) is 11.4. The molecule has 1 N–H and O–H groups in total. The fraction of sp³-hybridized carbons (Fsp3) is 0.727. The molecule has 206 valence electrons. The highest BCUT2D eigenvalue weighted by Crippen LogP contribution is 2.30. The summed E-state index contributed by atoms with van der Waals surface area (Å²) in [6, 6.07) is 5.26. The lowest BCUT2D eigenvalue weighted by Gasteiger charge is -2.12. The highest BCUT2D eigenvalue weighted by atomic mass is 16.5. The topological polar surface area (TPSA) is 46.5 Å². The zero-order chi connectivity index (χ0) is 26.1. The van der Waals surface area contributed by atoms with E-state index in [4.69, 9.17) is 4.74 Å². The number of esters is 1. The van der Waals surface area contributed by atoms with E-state index in [2.05, 4.69) is 26.0 Å². The summed E-state index contributed by atoms with van der Waals surface area (Å²) in [7, 11) is 0. The van der Waals surface area contributed by atoms with Gasteiger partial charge >= 0.3 is 5.97 Å². The van der Waals surface area contributed by atoms with Gasteiger partial charge in [0.2, 0.25) is 0 Å². The Labute approximate surface area is 223 Å². The van der Waals surface area contributed by atoms with E-state index in [0.717, 1.165) is 37.7 Å². The van der Waals surface area contributed by atoms with E-state index < -0.39 is 0 Å². The van der Waals surface area contributed by atoms with Crippen LogP contribution in [-0.2, 0) is 11.2 Å². The Bertz CT molecular complexity index is 680. The van der Waals surface area contributed by atoms with Gasteiger partial charge in [-0.25, -0.2) is 0 Å². The molecule has 1 rings (SSSR count). The summed E-state index contributed by atoms with van der Waals surface area (Å²) < 4.78 is 5.65. The summed E-state index contributed by atoms with van der Waals surface area (Å²) in [5.41, 5.74) is 0.781. The molecule has 0 amide bonds. The van der Waals surface area contributed by atoms with E-state index in [9.17, 15) is 9.90 Å². The number of unbranched alkanes of at least 4 members (excludes halogenated alkanes) is 17. The molecular weight excluding hydrogens is 444 g/mol. The Morgan fingerprint density at radius 3 is 1.78 bits per heavy atom. The van der Waals surface area contributed by atoms with E-state index in [1.54, 1.807) is 12.1 Å². The van der Waals surface area contributed by atoms with Crippen molar-refractivity contribution in [2.75, 3.05) is 0 Å².